The van der Waals surface area contributed by atoms with E-state index in [9.17, 15) is 14.0 Å². The van der Waals surface area contributed by atoms with E-state index in [2.05, 4.69) is 24.5 Å². The third kappa shape index (κ3) is 5.69. The molecule has 0 aromatic heterocycles. The highest BCUT2D eigenvalue weighted by molar-refractivity contribution is 5.85. The minimum absolute atomic E-state index is 0.0581. The smallest absolute Gasteiger partial charge is 0.223 e. The SMILES string of the molecule is CC(C)[C@@H]1C/C=C\C[C@@H](c2ccc(F)cc2)NC(=O)[C@H](C)CC(=O)N1. The summed E-state index contributed by atoms with van der Waals surface area (Å²) in [5.74, 6) is -0.676. The summed E-state index contributed by atoms with van der Waals surface area (Å²) in [6.45, 7) is 5.90. The van der Waals surface area contributed by atoms with Crippen LogP contribution in [0.3, 0.4) is 0 Å². The van der Waals surface area contributed by atoms with Crippen LogP contribution in [0.1, 0.15) is 51.6 Å². The second-order valence-electron chi connectivity index (χ2n) is 7.08. The van der Waals surface area contributed by atoms with E-state index in [0.717, 1.165) is 12.0 Å². The number of halogens is 1. The van der Waals surface area contributed by atoms with Crippen molar-refractivity contribution < 1.29 is 14.0 Å². The molecular weight excluding hydrogens is 319 g/mol. The molecule has 0 fully saturated rings. The van der Waals surface area contributed by atoms with Gasteiger partial charge in [-0.1, -0.05) is 45.1 Å². The molecule has 1 aliphatic rings. The van der Waals surface area contributed by atoms with Crippen molar-refractivity contribution in [2.24, 2.45) is 11.8 Å². The Balaban J connectivity index is 2.22. The summed E-state index contributed by atoms with van der Waals surface area (Å²) in [7, 11) is 0. The monoisotopic (exact) mass is 346 g/mol. The zero-order chi connectivity index (χ0) is 18.4. The van der Waals surface area contributed by atoms with Crippen LogP contribution in [0.2, 0.25) is 0 Å². The lowest BCUT2D eigenvalue weighted by Crippen LogP contribution is -2.41. The van der Waals surface area contributed by atoms with Gasteiger partial charge in [-0.05, 0) is 36.5 Å². The number of amides is 2. The summed E-state index contributed by atoms with van der Waals surface area (Å²) in [4.78, 5) is 24.7. The second-order valence-corrected chi connectivity index (χ2v) is 7.08. The summed E-state index contributed by atoms with van der Waals surface area (Å²) in [6, 6.07) is 6.00. The molecule has 0 bridgehead atoms. The Kier molecular flexibility index (Phi) is 6.73. The maximum atomic E-state index is 13.2. The van der Waals surface area contributed by atoms with E-state index in [4.69, 9.17) is 0 Å². The second kappa shape index (κ2) is 8.79. The Morgan fingerprint density at radius 1 is 1.04 bits per heavy atom. The summed E-state index contributed by atoms with van der Waals surface area (Å²) in [5, 5.41) is 6.00. The van der Waals surface area contributed by atoms with Crippen molar-refractivity contribution in [3.63, 3.8) is 0 Å². The molecule has 2 N–H and O–H groups in total. The third-order valence-electron chi connectivity index (χ3n) is 4.61. The van der Waals surface area contributed by atoms with Gasteiger partial charge in [-0.25, -0.2) is 4.39 Å². The molecule has 25 heavy (non-hydrogen) atoms. The predicted molar refractivity (Wildman–Crippen MR) is 96.2 cm³/mol. The minimum atomic E-state index is -0.417. The lowest BCUT2D eigenvalue weighted by molar-refractivity contribution is -0.130. The molecule has 0 radical (unpaired) electrons. The van der Waals surface area contributed by atoms with Crippen LogP contribution in [0.15, 0.2) is 36.4 Å². The molecule has 1 heterocycles. The van der Waals surface area contributed by atoms with Crippen molar-refractivity contribution in [2.45, 2.75) is 52.1 Å². The molecule has 0 saturated heterocycles. The largest absolute Gasteiger partial charge is 0.353 e. The van der Waals surface area contributed by atoms with Crippen LogP contribution in [0, 0.1) is 17.7 Å². The summed E-state index contributed by atoms with van der Waals surface area (Å²) in [5.41, 5.74) is 0.855. The van der Waals surface area contributed by atoms with E-state index in [1.165, 1.54) is 12.1 Å². The van der Waals surface area contributed by atoms with Crippen LogP contribution in [0.4, 0.5) is 4.39 Å². The van der Waals surface area contributed by atoms with E-state index < -0.39 is 5.92 Å². The molecule has 136 valence electrons. The van der Waals surface area contributed by atoms with Crippen molar-refractivity contribution in [1.29, 1.82) is 0 Å². The van der Waals surface area contributed by atoms with E-state index in [1.807, 2.05) is 12.2 Å². The molecule has 5 heteroatoms. The van der Waals surface area contributed by atoms with E-state index in [-0.39, 0.29) is 36.1 Å². The van der Waals surface area contributed by atoms with E-state index in [0.29, 0.717) is 12.3 Å². The van der Waals surface area contributed by atoms with Crippen molar-refractivity contribution >= 4 is 11.8 Å². The number of rotatable bonds is 2. The molecule has 0 unspecified atom stereocenters. The fraction of sp³-hybridized carbons (Fsp3) is 0.500. The van der Waals surface area contributed by atoms with Gasteiger partial charge in [-0.3, -0.25) is 9.59 Å². The van der Waals surface area contributed by atoms with Crippen LogP contribution in [-0.4, -0.2) is 17.9 Å². The van der Waals surface area contributed by atoms with Crippen LogP contribution >= 0.6 is 0 Å². The highest BCUT2D eigenvalue weighted by atomic mass is 19.1. The number of hydrogen-bond acceptors (Lipinski definition) is 2. The predicted octanol–water partition coefficient (Wildman–Crippen LogP) is 3.50. The molecule has 0 aliphatic carbocycles. The number of carbonyl (C=O) groups is 2. The van der Waals surface area contributed by atoms with Crippen LogP contribution in [0.5, 0.6) is 0 Å². The summed E-state index contributed by atoms with van der Waals surface area (Å²) in [6.07, 6.45) is 5.60. The highest BCUT2D eigenvalue weighted by Crippen LogP contribution is 2.20. The third-order valence-corrected chi connectivity index (χ3v) is 4.61. The number of carbonyl (C=O) groups excluding carboxylic acids is 2. The minimum Gasteiger partial charge on any atom is -0.353 e. The maximum absolute atomic E-state index is 13.2. The van der Waals surface area contributed by atoms with Crippen LogP contribution < -0.4 is 10.6 Å². The standard InChI is InChI=1S/C20H27FN2O2/c1-13(2)17-6-4-5-7-18(15-8-10-16(21)11-9-15)23-20(25)14(3)12-19(24)22-17/h4-5,8-11,13-14,17-18H,6-7,12H2,1-3H3,(H,22,24)(H,23,25)/b5-4-/t14-,17+,18+/m1/s1. The van der Waals surface area contributed by atoms with Crippen molar-refractivity contribution in [2.75, 3.05) is 0 Å². The topological polar surface area (TPSA) is 58.2 Å². The van der Waals surface area contributed by atoms with Crippen molar-refractivity contribution in [3.8, 4) is 0 Å². The first-order valence-electron chi connectivity index (χ1n) is 8.87. The van der Waals surface area contributed by atoms with Gasteiger partial charge in [0, 0.05) is 18.4 Å². The normalized spacial score (nSPS) is 27.0. The van der Waals surface area contributed by atoms with Gasteiger partial charge in [-0.15, -0.1) is 0 Å². The quantitative estimate of drug-likeness (QED) is 0.805. The molecule has 2 amide bonds. The Morgan fingerprint density at radius 2 is 1.68 bits per heavy atom. The molecular formula is C20H27FN2O2. The zero-order valence-electron chi connectivity index (χ0n) is 15.1. The van der Waals surface area contributed by atoms with Crippen LogP contribution in [0.25, 0.3) is 0 Å². The Hall–Kier alpha value is -2.17. The maximum Gasteiger partial charge on any atom is 0.223 e. The Morgan fingerprint density at radius 3 is 2.32 bits per heavy atom. The molecule has 1 aromatic rings. The van der Waals surface area contributed by atoms with E-state index >= 15 is 0 Å². The summed E-state index contributed by atoms with van der Waals surface area (Å²) >= 11 is 0. The first-order valence-corrected chi connectivity index (χ1v) is 8.87. The molecule has 4 nitrogen and oxygen atoms in total. The fourth-order valence-electron chi connectivity index (χ4n) is 2.90. The van der Waals surface area contributed by atoms with Gasteiger partial charge in [0.1, 0.15) is 5.82 Å². The Labute approximate surface area is 148 Å². The number of benzene rings is 1. The fourth-order valence-corrected chi connectivity index (χ4v) is 2.90. The molecule has 1 aliphatic heterocycles. The average molecular weight is 346 g/mol. The van der Waals surface area contributed by atoms with Gasteiger partial charge < -0.3 is 10.6 Å². The lowest BCUT2D eigenvalue weighted by Gasteiger charge is -2.24. The number of nitrogens with one attached hydrogen (secondary N) is 2. The first-order chi connectivity index (χ1) is 11.9. The lowest BCUT2D eigenvalue weighted by atomic mass is 9.96. The van der Waals surface area contributed by atoms with Gasteiger partial charge in [-0.2, -0.15) is 0 Å². The van der Waals surface area contributed by atoms with E-state index in [1.54, 1.807) is 19.1 Å². The van der Waals surface area contributed by atoms with Crippen molar-refractivity contribution in [3.05, 3.63) is 47.8 Å². The average Bonchev–Trinajstić information content (AvgIpc) is 2.55. The van der Waals surface area contributed by atoms with Crippen LogP contribution in [-0.2, 0) is 9.59 Å². The molecule has 2 rings (SSSR count). The highest BCUT2D eigenvalue weighted by Gasteiger charge is 2.23. The van der Waals surface area contributed by atoms with Gasteiger partial charge in [0.15, 0.2) is 0 Å². The van der Waals surface area contributed by atoms with Crippen molar-refractivity contribution in [1.82, 2.24) is 10.6 Å². The molecule has 0 spiro atoms. The Bertz CT molecular complexity index is 625. The summed E-state index contributed by atoms with van der Waals surface area (Å²) < 4.78 is 13.2. The van der Waals surface area contributed by atoms with Gasteiger partial charge >= 0.3 is 0 Å². The molecule has 0 saturated carbocycles. The van der Waals surface area contributed by atoms with Gasteiger partial charge in [0.2, 0.25) is 11.8 Å². The zero-order valence-corrected chi connectivity index (χ0v) is 15.1. The number of hydrogen-bond donors (Lipinski definition) is 2. The molecule has 1 aromatic carbocycles. The van der Waals surface area contributed by atoms with Gasteiger partial charge in [0.25, 0.3) is 0 Å². The van der Waals surface area contributed by atoms with Gasteiger partial charge in [0.05, 0.1) is 6.04 Å². The molecule has 3 atom stereocenters. The first kappa shape index (κ1) is 19.2.